The van der Waals surface area contributed by atoms with Crippen molar-refractivity contribution in [2.24, 2.45) is 5.92 Å². The Morgan fingerprint density at radius 1 is 0.939 bits per heavy atom. The highest BCUT2D eigenvalue weighted by Crippen LogP contribution is 2.38. The van der Waals surface area contributed by atoms with Crippen LogP contribution in [0.15, 0.2) is 72.8 Å². The van der Waals surface area contributed by atoms with E-state index in [0.717, 1.165) is 31.5 Å². The van der Waals surface area contributed by atoms with E-state index in [9.17, 15) is 9.59 Å². The molecule has 0 aromatic heterocycles. The Balaban J connectivity index is 1.32. The van der Waals surface area contributed by atoms with Crippen LogP contribution in [0, 0.1) is 12.8 Å². The number of ketones is 1. The highest BCUT2D eigenvalue weighted by Gasteiger charge is 2.31. The first-order chi connectivity index (χ1) is 16.1. The van der Waals surface area contributed by atoms with Crippen LogP contribution in [0.3, 0.4) is 0 Å². The molecule has 0 radical (unpaired) electrons. The number of hydrogen-bond donors (Lipinski definition) is 0. The number of likely N-dealkylation sites (tertiary alicyclic amines) is 1. The summed E-state index contributed by atoms with van der Waals surface area (Å²) in [7, 11) is 0. The first-order valence-corrected chi connectivity index (χ1v) is 11.8. The van der Waals surface area contributed by atoms with Crippen LogP contribution in [0.1, 0.15) is 51.4 Å². The molecule has 3 aromatic carbocycles. The molecule has 0 bridgehead atoms. The molecule has 5 rings (SSSR count). The monoisotopic (exact) mass is 439 g/mol. The van der Waals surface area contributed by atoms with E-state index in [4.69, 9.17) is 4.74 Å². The van der Waals surface area contributed by atoms with Gasteiger partial charge in [0.15, 0.2) is 5.78 Å². The molecule has 1 amide bonds. The molecular formula is C29H29NO3. The molecule has 33 heavy (non-hydrogen) atoms. The summed E-state index contributed by atoms with van der Waals surface area (Å²) in [6.45, 7) is 3.72. The summed E-state index contributed by atoms with van der Waals surface area (Å²) in [6, 6.07) is 25.1. The summed E-state index contributed by atoms with van der Waals surface area (Å²) in [4.78, 5) is 26.9. The van der Waals surface area contributed by atoms with Gasteiger partial charge in [0.05, 0.1) is 0 Å². The average Bonchev–Trinajstić information content (AvgIpc) is 2.85. The van der Waals surface area contributed by atoms with Crippen LogP contribution in [0.5, 0.6) is 5.75 Å². The molecule has 0 spiro atoms. The third kappa shape index (κ3) is 4.56. The van der Waals surface area contributed by atoms with Gasteiger partial charge in [0, 0.05) is 36.6 Å². The van der Waals surface area contributed by atoms with Crippen LogP contribution >= 0.6 is 0 Å². The molecule has 2 aliphatic heterocycles. The third-order valence-corrected chi connectivity index (χ3v) is 6.98. The number of carbonyl (C=O) groups excluding carboxylic acids is 2. The molecule has 4 heteroatoms. The van der Waals surface area contributed by atoms with Gasteiger partial charge in [-0.1, -0.05) is 60.2 Å². The van der Waals surface area contributed by atoms with Crippen molar-refractivity contribution in [1.82, 2.24) is 4.90 Å². The first kappa shape index (κ1) is 21.4. The number of benzene rings is 3. The van der Waals surface area contributed by atoms with Crippen LogP contribution in [-0.4, -0.2) is 36.3 Å². The minimum absolute atomic E-state index is 0.0425. The van der Waals surface area contributed by atoms with Crippen molar-refractivity contribution in [1.29, 1.82) is 0 Å². The Hall–Kier alpha value is -3.40. The van der Waals surface area contributed by atoms with Gasteiger partial charge in [-0.05, 0) is 55.0 Å². The topological polar surface area (TPSA) is 46.6 Å². The summed E-state index contributed by atoms with van der Waals surface area (Å²) >= 11 is 0. The Morgan fingerprint density at radius 2 is 1.64 bits per heavy atom. The van der Waals surface area contributed by atoms with Gasteiger partial charge in [-0.3, -0.25) is 9.59 Å². The average molecular weight is 440 g/mol. The van der Waals surface area contributed by atoms with Crippen molar-refractivity contribution < 1.29 is 14.3 Å². The summed E-state index contributed by atoms with van der Waals surface area (Å²) in [5, 5.41) is 0. The van der Waals surface area contributed by atoms with Gasteiger partial charge in [0.25, 0.3) is 5.91 Å². The van der Waals surface area contributed by atoms with E-state index in [1.165, 1.54) is 16.7 Å². The number of piperidine rings is 1. The van der Waals surface area contributed by atoms with Crippen molar-refractivity contribution in [2.75, 3.05) is 19.7 Å². The molecule has 2 heterocycles. The number of carbonyl (C=O) groups is 2. The van der Waals surface area contributed by atoms with Gasteiger partial charge in [0.1, 0.15) is 12.4 Å². The van der Waals surface area contributed by atoms with Gasteiger partial charge in [0.2, 0.25) is 0 Å². The molecule has 168 valence electrons. The summed E-state index contributed by atoms with van der Waals surface area (Å²) in [6.07, 6.45) is 2.27. The molecule has 0 N–H and O–H groups in total. The first-order valence-electron chi connectivity index (χ1n) is 11.8. The zero-order valence-corrected chi connectivity index (χ0v) is 19.0. The highest BCUT2D eigenvalue weighted by molar-refractivity contribution is 5.95. The lowest BCUT2D eigenvalue weighted by molar-refractivity contribution is -0.121. The number of ether oxygens (including phenoxy) is 1. The van der Waals surface area contributed by atoms with Gasteiger partial charge < -0.3 is 9.64 Å². The number of amides is 1. The molecule has 2 aliphatic rings. The number of Topliss-reactive ketones (excluding diaryl/α,β-unsaturated/α-hetero) is 1. The Morgan fingerprint density at radius 3 is 2.36 bits per heavy atom. The highest BCUT2D eigenvalue weighted by atomic mass is 16.5. The van der Waals surface area contributed by atoms with E-state index in [1.54, 1.807) is 0 Å². The predicted molar refractivity (Wildman–Crippen MR) is 129 cm³/mol. The zero-order chi connectivity index (χ0) is 22.8. The minimum atomic E-state index is 0.0425. The Bertz CT molecular complexity index is 1150. The normalized spacial score (nSPS) is 17.2. The Labute approximate surface area is 195 Å². The van der Waals surface area contributed by atoms with Gasteiger partial charge in [-0.15, -0.1) is 0 Å². The SMILES string of the molecule is Cc1ccc([C@@H](c2ccccc2)C2CCN(C(=O)c3ccc4c(c3)CC(=O)CO4)CC2)cc1. The zero-order valence-electron chi connectivity index (χ0n) is 19.0. The van der Waals surface area contributed by atoms with Crippen molar-refractivity contribution in [3.63, 3.8) is 0 Å². The van der Waals surface area contributed by atoms with E-state index in [0.29, 0.717) is 29.6 Å². The molecular weight excluding hydrogens is 410 g/mol. The molecule has 3 aromatic rings. The van der Waals surface area contributed by atoms with E-state index in [2.05, 4.69) is 61.5 Å². The lowest BCUT2D eigenvalue weighted by atomic mass is 9.76. The van der Waals surface area contributed by atoms with Crippen LogP contribution in [0.25, 0.3) is 0 Å². The molecule has 0 saturated carbocycles. The summed E-state index contributed by atoms with van der Waals surface area (Å²) < 4.78 is 5.47. The van der Waals surface area contributed by atoms with Crippen LogP contribution in [-0.2, 0) is 11.2 Å². The number of aryl methyl sites for hydroxylation is 1. The summed E-state index contributed by atoms with van der Waals surface area (Å²) in [5.41, 5.74) is 5.41. The van der Waals surface area contributed by atoms with E-state index in [1.807, 2.05) is 23.1 Å². The molecule has 1 saturated heterocycles. The van der Waals surface area contributed by atoms with Crippen LogP contribution in [0.2, 0.25) is 0 Å². The largest absolute Gasteiger partial charge is 0.486 e. The standard InChI is InChI=1S/C29H29NO3/c1-20-7-9-22(10-8-20)28(21-5-3-2-4-6-21)23-13-15-30(16-14-23)29(32)24-11-12-27-25(17-24)18-26(31)19-33-27/h2-12,17,23,28H,13-16,18-19H2,1H3/t28-/m1/s1. The number of nitrogens with zero attached hydrogens (tertiary/aromatic N) is 1. The number of hydrogen-bond acceptors (Lipinski definition) is 3. The minimum Gasteiger partial charge on any atom is -0.486 e. The number of fused-ring (bicyclic) bond motifs is 1. The third-order valence-electron chi connectivity index (χ3n) is 6.98. The fourth-order valence-electron chi connectivity index (χ4n) is 5.20. The lowest BCUT2D eigenvalue weighted by Crippen LogP contribution is -2.40. The quantitative estimate of drug-likeness (QED) is 0.563. The van der Waals surface area contributed by atoms with Gasteiger partial charge in [-0.25, -0.2) is 0 Å². The second-order valence-electron chi connectivity index (χ2n) is 9.26. The molecule has 0 unspecified atom stereocenters. The lowest BCUT2D eigenvalue weighted by Gasteiger charge is -2.37. The van der Waals surface area contributed by atoms with E-state index >= 15 is 0 Å². The molecule has 1 atom stereocenters. The van der Waals surface area contributed by atoms with Crippen molar-refractivity contribution in [2.45, 2.75) is 32.1 Å². The van der Waals surface area contributed by atoms with Crippen molar-refractivity contribution in [3.8, 4) is 5.75 Å². The predicted octanol–water partition coefficient (Wildman–Crippen LogP) is 5.18. The van der Waals surface area contributed by atoms with E-state index in [-0.39, 0.29) is 18.3 Å². The molecule has 1 fully saturated rings. The maximum absolute atomic E-state index is 13.2. The van der Waals surface area contributed by atoms with E-state index < -0.39 is 0 Å². The fraction of sp³-hybridized carbons (Fsp3) is 0.310. The van der Waals surface area contributed by atoms with Crippen LogP contribution in [0.4, 0.5) is 0 Å². The fourth-order valence-corrected chi connectivity index (χ4v) is 5.20. The van der Waals surface area contributed by atoms with Crippen molar-refractivity contribution in [3.05, 3.63) is 101 Å². The number of rotatable bonds is 4. The molecule has 4 nitrogen and oxygen atoms in total. The van der Waals surface area contributed by atoms with Crippen molar-refractivity contribution >= 4 is 11.7 Å². The Kier molecular flexibility index (Phi) is 5.99. The maximum atomic E-state index is 13.2. The second-order valence-corrected chi connectivity index (χ2v) is 9.26. The second kappa shape index (κ2) is 9.22. The molecule has 0 aliphatic carbocycles. The van der Waals surface area contributed by atoms with Gasteiger partial charge >= 0.3 is 0 Å². The van der Waals surface area contributed by atoms with Crippen LogP contribution < -0.4 is 4.74 Å². The smallest absolute Gasteiger partial charge is 0.253 e. The van der Waals surface area contributed by atoms with Gasteiger partial charge in [-0.2, -0.15) is 0 Å². The maximum Gasteiger partial charge on any atom is 0.253 e. The summed E-state index contributed by atoms with van der Waals surface area (Å²) in [5.74, 6) is 1.62.